The van der Waals surface area contributed by atoms with Crippen molar-refractivity contribution in [3.63, 3.8) is 0 Å². The number of carbonyl (C=O) groups is 1. The second-order valence-electron chi connectivity index (χ2n) is 21.2. The number of esters is 1. The number of hydrogen-bond donors (Lipinski definition) is 2. The van der Waals surface area contributed by atoms with Gasteiger partial charge in [0.15, 0.2) is 0 Å². The molecule has 3 aromatic rings. The van der Waals surface area contributed by atoms with Gasteiger partial charge in [-0.2, -0.15) is 5.10 Å². The Bertz CT molecular complexity index is 2030. The molecule has 1 saturated heterocycles. The fraction of sp³-hybridized carbons (Fsp3) is 0.646. The number of nitrogens with two attached hydrogens (primary N) is 1. The number of nitrogen functional groups attached to an aromatic ring is 1. The van der Waals surface area contributed by atoms with Crippen molar-refractivity contribution in [3.05, 3.63) is 76.6 Å². The third kappa shape index (κ3) is 5.50. The Morgan fingerprint density at radius 3 is 2.36 bits per heavy atom. The fourth-order valence-electron chi connectivity index (χ4n) is 14.1. The minimum Gasteiger partial charge on any atom is -0.460 e. The minimum absolute atomic E-state index is 0.0132. The van der Waals surface area contributed by atoms with E-state index in [4.69, 9.17) is 15.5 Å². The highest BCUT2D eigenvalue weighted by Gasteiger charge is 2.70. The Kier molecular flexibility index (Phi) is 8.75. The summed E-state index contributed by atoms with van der Waals surface area (Å²) < 4.78 is 6.41. The number of benzene rings is 1. The number of ether oxygens (including phenoxy) is 1. The average Bonchev–Trinajstić information content (AvgIpc) is 3.54. The maximum absolute atomic E-state index is 14.9. The smallest absolute Gasteiger partial charge is 0.313 e. The van der Waals surface area contributed by atoms with Gasteiger partial charge in [0.1, 0.15) is 18.2 Å². The first-order valence-electron chi connectivity index (χ1n) is 21.7. The summed E-state index contributed by atoms with van der Waals surface area (Å²) in [5, 5.41) is 8.00. The van der Waals surface area contributed by atoms with Crippen LogP contribution in [0.4, 0.5) is 11.6 Å². The maximum atomic E-state index is 14.9. The molecule has 8 heteroatoms. The van der Waals surface area contributed by atoms with E-state index in [9.17, 15) is 4.79 Å². The molecule has 0 amide bonds. The lowest BCUT2D eigenvalue weighted by Crippen LogP contribution is -2.65. The van der Waals surface area contributed by atoms with Crippen molar-refractivity contribution in [2.75, 3.05) is 43.9 Å². The summed E-state index contributed by atoms with van der Waals surface area (Å²) in [5.74, 6) is 2.78. The molecule has 1 aromatic carbocycles. The van der Waals surface area contributed by atoms with Crippen LogP contribution in [0.1, 0.15) is 122 Å². The van der Waals surface area contributed by atoms with Gasteiger partial charge in [-0.15, -0.1) is 0 Å². The monoisotopic (exact) mass is 759 g/mol. The number of aromatic nitrogens is 3. The molecule has 0 bridgehead atoms. The van der Waals surface area contributed by atoms with Crippen molar-refractivity contribution >= 4 is 23.2 Å². The highest BCUT2D eigenvalue weighted by Crippen LogP contribution is 2.77. The minimum atomic E-state index is -0.533. The van der Waals surface area contributed by atoms with Crippen LogP contribution in [-0.4, -0.2) is 59.3 Å². The van der Waals surface area contributed by atoms with Gasteiger partial charge >= 0.3 is 5.97 Å². The van der Waals surface area contributed by atoms with E-state index in [2.05, 4.69) is 106 Å². The highest BCUT2D eigenvalue weighted by atomic mass is 16.5. The normalized spacial score (nSPS) is 36.1. The van der Waals surface area contributed by atoms with E-state index in [1.807, 2.05) is 18.2 Å². The van der Waals surface area contributed by atoms with E-state index in [1.165, 1.54) is 35.2 Å². The van der Waals surface area contributed by atoms with E-state index in [0.29, 0.717) is 24.3 Å². The van der Waals surface area contributed by atoms with Crippen LogP contribution in [-0.2, 0) is 28.0 Å². The number of piperazine rings is 1. The zero-order valence-corrected chi connectivity index (χ0v) is 35.4. The van der Waals surface area contributed by atoms with Crippen molar-refractivity contribution < 1.29 is 9.53 Å². The number of nitrogens with zero attached hydrogens (tertiary/aromatic N) is 4. The Morgan fingerprint density at radius 2 is 1.64 bits per heavy atom. The summed E-state index contributed by atoms with van der Waals surface area (Å²) in [7, 11) is 2.20. The van der Waals surface area contributed by atoms with Crippen LogP contribution >= 0.6 is 0 Å². The molecule has 3 saturated carbocycles. The lowest BCUT2D eigenvalue weighted by molar-refractivity contribution is -0.181. The summed E-state index contributed by atoms with van der Waals surface area (Å²) >= 11 is 0. The van der Waals surface area contributed by atoms with Crippen LogP contribution in [0.25, 0.3) is 5.57 Å². The summed E-state index contributed by atoms with van der Waals surface area (Å²) in [6.45, 7) is 22.0. The lowest BCUT2D eigenvalue weighted by Gasteiger charge is -2.71. The molecular weight excluding hydrogens is 693 g/mol. The molecule has 56 heavy (non-hydrogen) atoms. The number of carbonyl (C=O) groups excluding carboxylic acids is 1. The molecular formula is C48H66N6O2. The zero-order chi connectivity index (χ0) is 39.5. The molecule has 3 unspecified atom stereocenters. The number of hydrogen-bond acceptors (Lipinski definition) is 7. The van der Waals surface area contributed by atoms with E-state index < -0.39 is 5.41 Å². The van der Waals surface area contributed by atoms with Gasteiger partial charge in [-0.25, -0.2) is 4.98 Å². The van der Waals surface area contributed by atoms with Gasteiger partial charge in [0.2, 0.25) is 0 Å². The van der Waals surface area contributed by atoms with Crippen molar-refractivity contribution in [2.45, 2.75) is 118 Å². The Labute approximate surface area is 335 Å². The number of pyridine rings is 1. The fourth-order valence-corrected chi connectivity index (χ4v) is 14.1. The van der Waals surface area contributed by atoms with Crippen molar-refractivity contribution in [1.29, 1.82) is 0 Å². The van der Waals surface area contributed by atoms with Crippen LogP contribution in [0.15, 0.2) is 54.2 Å². The molecule has 2 aromatic heterocycles. The number of allylic oxidation sites excluding steroid dienone is 2. The predicted octanol–water partition coefficient (Wildman–Crippen LogP) is 9.22. The zero-order valence-electron chi connectivity index (χ0n) is 35.4. The van der Waals surface area contributed by atoms with Crippen LogP contribution < -0.4 is 10.6 Å². The summed E-state index contributed by atoms with van der Waals surface area (Å²) in [6, 6.07) is 14.9. The molecule has 8 nitrogen and oxygen atoms in total. The second kappa shape index (κ2) is 12.9. The number of nitrogens with one attached hydrogen (secondary N) is 1. The van der Waals surface area contributed by atoms with Crippen molar-refractivity contribution in [1.82, 2.24) is 20.1 Å². The van der Waals surface area contributed by atoms with Crippen LogP contribution in [0, 0.1) is 44.8 Å². The molecule has 3 heterocycles. The summed E-state index contributed by atoms with van der Waals surface area (Å²) in [5.41, 5.74) is 14.0. The SMILES string of the molecule is CN1CCN(c2ccc(C3=C4C5CC(C)(C)CC[C@]5(C(=O)OCc5ccccc5)CC[C@@]4(C)[C@]4(C)CCC5C(C)(C)c6[nH]nc(N)c6C[C@]5(C)C4C3)cn2)CC1. The van der Waals surface area contributed by atoms with Gasteiger partial charge < -0.3 is 20.3 Å². The number of rotatable bonds is 5. The van der Waals surface area contributed by atoms with Gasteiger partial charge in [0, 0.05) is 49.0 Å². The Hall–Kier alpha value is -3.65. The molecule has 1 aliphatic heterocycles. The molecule has 4 fully saturated rings. The van der Waals surface area contributed by atoms with Crippen LogP contribution in [0.2, 0.25) is 0 Å². The van der Waals surface area contributed by atoms with Crippen LogP contribution in [0.3, 0.4) is 0 Å². The second-order valence-corrected chi connectivity index (χ2v) is 21.2. The van der Waals surface area contributed by atoms with Gasteiger partial charge in [-0.1, -0.05) is 84.4 Å². The van der Waals surface area contributed by atoms with Crippen molar-refractivity contribution in [2.24, 2.45) is 44.8 Å². The first kappa shape index (κ1) is 37.9. The third-order valence-electron chi connectivity index (χ3n) is 17.5. The summed E-state index contributed by atoms with van der Waals surface area (Å²) in [4.78, 5) is 25.0. The summed E-state index contributed by atoms with van der Waals surface area (Å²) in [6.07, 6.45) is 11.3. The van der Waals surface area contributed by atoms with E-state index in [1.54, 1.807) is 5.57 Å². The molecule has 6 aliphatic rings. The van der Waals surface area contributed by atoms with Gasteiger partial charge in [-0.3, -0.25) is 9.89 Å². The molecule has 300 valence electrons. The number of anilines is 2. The van der Waals surface area contributed by atoms with Gasteiger partial charge in [-0.05, 0) is 133 Å². The van der Waals surface area contributed by atoms with Gasteiger partial charge in [0.25, 0.3) is 0 Å². The largest absolute Gasteiger partial charge is 0.460 e. The molecule has 0 spiro atoms. The third-order valence-corrected chi connectivity index (χ3v) is 17.5. The predicted molar refractivity (Wildman–Crippen MR) is 225 cm³/mol. The number of H-pyrrole nitrogens is 1. The van der Waals surface area contributed by atoms with E-state index >= 15 is 0 Å². The van der Waals surface area contributed by atoms with E-state index in [0.717, 1.165) is 82.5 Å². The average molecular weight is 759 g/mol. The first-order chi connectivity index (χ1) is 26.5. The molecule has 7 atom stereocenters. The molecule has 5 aliphatic carbocycles. The Balaban J connectivity index is 1.20. The number of likely N-dealkylation sites (N-methyl/N-ethyl adjacent to an activating group) is 1. The first-order valence-corrected chi connectivity index (χ1v) is 21.7. The topological polar surface area (TPSA) is 100 Å². The highest BCUT2D eigenvalue weighted by molar-refractivity contribution is 5.81. The maximum Gasteiger partial charge on any atom is 0.313 e. The quantitative estimate of drug-likeness (QED) is 0.250. The number of aromatic amines is 1. The molecule has 0 radical (unpaired) electrons. The Morgan fingerprint density at radius 1 is 0.911 bits per heavy atom. The van der Waals surface area contributed by atoms with Crippen molar-refractivity contribution in [3.8, 4) is 0 Å². The lowest BCUT2D eigenvalue weighted by atomic mass is 9.33. The van der Waals surface area contributed by atoms with E-state index in [-0.39, 0.29) is 39.0 Å². The van der Waals surface area contributed by atoms with Crippen LogP contribution in [0.5, 0.6) is 0 Å². The molecule has 9 rings (SSSR count). The number of fused-ring (bicyclic) bond motifs is 8. The standard InChI is InChI=1S/C48H66N6O2/c1-43(2)18-20-48(42(55)56-30-31-12-10-9-11-13-31)21-19-47(7)39(35(48)28-43)33(32-14-15-38(50-29-32)54-24-22-53(8)23-25-54)26-37-45(5)27-34-40(51-52-41(34)49)44(3,4)36(45)16-17-46(37,47)6/h9-15,29,35-37H,16-28,30H2,1-8H3,(H3,49,51,52)/t35?,36?,37?,45-,46+,47+,48-/m0/s1. The van der Waals surface area contributed by atoms with Gasteiger partial charge in [0.05, 0.1) is 5.41 Å². The molecule has 3 N–H and O–H groups in total.